The number of nitrogens with two attached hydrogens (primary N) is 1. The van der Waals surface area contributed by atoms with Crippen molar-refractivity contribution < 1.29 is 17.3 Å². The number of hydrogen-bond donors (Lipinski definition) is 5. The van der Waals surface area contributed by atoms with Crippen molar-refractivity contribution in [3.05, 3.63) is 12.0 Å². The van der Waals surface area contributed by atoms with E-state index in [2.05, 4.69) is 19.6 Å². The minimum absolute atomic E-state index is 0.199. The normalized spacial score (nSPS) is 20.5. The number of aromatic nitrogens is 2. The van der Waals surface area contributed by atoms with Gasteiger partial charge in [0, 0.05) is 0 Å². The quantitative estimate of drug-likeness (QED) is 0.393. The van der Waals surface area contributed by atoms with Crippen LogP contribution in [0.3, 0.4) is 0 Å². The fourth-order valence-electron chi connectivity index (χ4n) is 1.22. The van der Waals surface area contributed by atoms with Crippen LogP contribution in [0.25, 0.3) is 0 Å². The number of nitrogens with one attached hydrogen (secondary N) is 3. The van der Waals surface area contributed by atoms with Gasteiger partial charge in [0.1, 0.15) is 5.69 Å². The first kappa shape index (κ1) is 10.8. The van der Waals surface area contributed by atoms with E-state index in [4.69, 9.17) is 15.7 Å². The molecule has 2 rings (SSSR count). The van der Waals surface area contributed by atoms with Crippen LogP contribution in [0.5, 0.6) is 0 Å². The van der Waals surface area contributed by atoms with E-state index in [0.717, 1.165) is 0 Å². The summed E-state index contributed by atoms with van der Waals surface area (Å²) >= 11 is 0. The molecule has 0 radical (unpaired) electrons. The lowest BCUT2D eigenvalue weighted by molar-refractivity contribution is -0.0171. The van der Waals surface area contributed by atoms with E-state index in [0.29, 0.717) is 10.9 Å². The first-order chi connectivity index (χ1) is 7.38. The average molecular weight is 248 g/mol. The van der Waals surface area contributed by atoms with E-state index in [-0.39, 0.29) is 11.5 Å². The lowest BCUT2D eigenvalue weighted by Gasteiger charge is -2.31. The number of hydrogen-bond acceptors (Lipinski definition) is 7. The summed E-state index contributed by atoms with van der Waals surface area (Å²) in [5.74, 6) is -0.0657. The van der Waals surface area contributed by atoms with Crippen LogP contribution in [0.4, 0.5) is 5.82 Å². The zero-order valence-electron chi connectivity index (χ0n) is 7.71. The highest BCUT2D eigenvalue weighted by Crippen LogP contribution is 2.20. The number of amidine groups is 1. The lowest BCUT2D eigenvalue weighted by Crippen LogP contribution is -2.54. The second-order valence-corrected chi connectivity index (χ2v) is 3.90. The fourth-order valence-corrected chi connectivity index (χ4v) is 1.59. The third-order valence-electron chi connectivity index (χ3n) is 1.81. The molecular formula is C5H8N6O4S. The molecule has 0 aliphatic carbocycles. The topological polar surface area (TPSA) is 157 Å². The molecule has 0 saturated carbocycles. The van der Waals surface area contributed by atoms with Gasteiger partial charge in [-0.1, -0.05) is 0 Å². The number of rotatable bonds is 2. The molecule has 2 heterocycles. The molecule has 1 atom stereocenters. The Bertz CT molecular complexity index is 523. The number of imidazole rings is 1. The van der Waals surface area contributed by atoms with Gasteiger partial charge in [0.2, 0.25) is 0 Å². The summed E-state index contributed by atoms with van der Waals surface area (Å²) in [5, 5.41) is 10.6. The molecule has 1 aliphatic rings. The third kappa shape index (κ3) is 1.83. The molecule has 11 heteroatoms. The molecular weight excluding hydrogens is 240 g/mol. The Balaban J connectivity index is 2.33. The zero-order valence-corrected chi connectivity index (χ0v) is 8.52. The Morgan fingerprint density at radius 1 is 1.69 bits per heavy atom. The summed E-state index contributed by atoms with van der Waals surface area (Å²) in [6, 6.07) is 0. The van der Waals surface area contributed by atoms with Crippen molar-refractivity contribution >= 4 is 22.1 Å². The van der Waals surface area contributed by atoms with Gasteiger partial charge in [-0.3, -0.25) is 15.7 Å². The van der Waals surface area contributed by atoms with Crippen molar-refractivity contribution in [2.24, 2.45) is 5.73 Å². The maximum atomic E-state index is 10.5. The van der Waals surface area contributed by atoms with E-state index in [1.807, 2.05) is 0 Å². The van der Waals surface area contributed by atoms with Gasteiger partial charge in [0.15, 0.2) is 17.9 Å². The molecule has 1 aromatic heterocycles. The maximum Gasteiger partial charge on any atom is 0.418 e. The van der Waals surface area contributed by atoms with Crippen LogP contribution in [-0.4, -0.2) is 40.1 Å². The Labute approximate surface area is 89.8 Å². The summed E-state index contributed by atoms with van der Waals surface area (Å²) < 4.78 is 33.7. The number of fused-ring (bicyclic) bond motifs is 1. The third-order valence-corrected chi connectivity index (χ3v) is 2.16. The predicted octanol–water partition coefficient (Wildman–Crippen LogP) is -1.56. The van der Waals surface area contributed by atoms with Crippen LogP contribution in [0.1, 0.15) is 5.69 Å². The second kappa shape index (κ2) is 3.41. The standard InChI is InChI=1S/C5H8N6O4S/c6-3-2-4(9-1-8-2)10-5(7)11(3)15-16(12,13)14/h1,5-6,10H,7H2,(H,8,9)(H,12,13,14)/t5-/m1/s1. The van der Waals surface area contributed by atoms with Crippen LogP contribution < -0.4 is 11.1 Å². The van der Waals surface area contributed by atoms with Gasteiger partial charge in [-0.05, 0) is 0 Å². The first-order valence-electron chi connectivity index (χ1n) is 3.99. The average Bonchev–Trinajstić information content (AvgIpc) is 2.58. The molecule has 0 spiro atoms. The molecule has 0 unspecified atom stereocenters. The Kier molecular flexibility index (Phi) is 2.31. The minimum atomic E-state index is -4.74. The van der Waals surface area contributed by atoms with Crippen molar-refractivity contribution in [3.63, 3.8) is 0 Å². The highest BCUT2D eigenvalue weighted by molar-refractivity contribution is 7.80. The molecule has 0 amide bonds. The summed E-state index contributed by atoms with van der Waals surface area (Å²) in [7, 11) is -4.74. The van der Waals surface area contributed by atoms with Crippen LogP contribution in [0, 0.1) is 5.41 Å². The zero-order chi connectivity index (χ0) is 11.9. The summed E-state index contributed by atoms with van der Waals surface area (Å²) in [5.41, 5.74) is 5.67. The van der Waals surface area contributed by atoms with Gasteiger partial charge >= 0.3 is 10.4 Å². The van der Waals surface area contributed by atoms with Gasteiger partial charge in [0.25, 0.3) is 0 Å². The Morgan fingerprint density at radius 3 is 3.00 bits per heavy atom. The van der Waals surface area contributed by atoms with Crippen molar-refractivity contribution in [1.29, 1.82) is 5.41 Å². The Morgan fingerprint density at radius 2 is 2.38 bits per heavy atom. The fraction of sp³-hybridized carbons (Fsp3) is 0.200. The van der Waals surface area contributed by atoms with Crippen molar-refractivity contribution in [3.8, 4) is 0 Å². The highest BCUT2D eigenvalue weighted by Gasteiger charge is 2.33. The monoisotopic (exact) mass is 248 g/mol. The van der Waals surface area contributed by atoms with Crippen LogP contribution in [-0.2, 0) is 14.7 Å². The molecule has 0 aromatic carbocycles. The number of nitrogens with zero attached hydrogens (tertiary/aromatic N) is 2. The van der Waals surface area contributed by atoms with Crippen LogP contribution in [0.15, 0.2) is 6.33 Å². The maximum absolute atomic E-state index is 10.5. The number of H-pyrrole nitrogens is 1. The van der Waals surface area contributed by atoms with E-state index in [1.54, 1.807) is 0 Å². The number of hydroxylamine groups is 2. The molecule has 0 fully saturated rings. The van der Waals surface area contributed by atoms with Gasteiger partial charge in [-0.2, -0.15) is 13.5 Å². The molecule has 10 nitrogen and oxygen atoms in total. The van der Waals surface area contributed by atoms with Crippen molar-refractivity contribution in [2.45, 2.75) is 6.29 Å². The molecule has 0 bridgehead atoms. The van der Waals surface area contributed by atoms with E-state index >= 15 is 0 Å². The second-order valence-electron chi connectivity index (χ2n) is 2.89. The Hall–Kier alpha value is -1.69. The molecule has 88 valence electrons. The SMILES string of the molecule is N=C1c2[nH]cnc2N[C@@H](N)N1OS(=O)(=O)O. The first-order valence-corrected chi connectivity index (χ1v) is 5.35. The van der Waals surface area contributed by atoms with E-state index in [1.165, 1.54) is 6.33 Å². The van der Waals surface area contributed by atoms with Crippen LogP contribution in [0.2, 0.25) is 0 Å². The molecule has 16 heavy (non-hydrogen) atoms. The summed E-state index contributed by atoms with van der Waals surface area (Å²) in [4.78, 5) is 6.40. The minimum Gasteiger partial charge on any atom is -0.340 e. The van der Waals surface area contributed by atoms with E-state index < -0.39 is 16.7 Å². The van der Waals surface area contributed by atoms with Gasteiger partial charge in [-0.25, -0.2) is 4.98 Å². The van der Waals surface area contributed by atoms with Gasteiger partial charge in [0.05, 0.1) is 6.33 Å². The summed E-state index contributed by atoms with van der Waals surface area (Å²) in [6.45, 7) is 0. The molecule has 6 N–H and O–H groups in total. The van der Waals surface area contributed by atoms with Crippen molar-refractivity contribution in [2.75, 3.05) is 5.32 Å². The number of anilines is 1. The largest absolute Gasteiger partial charge is 0.418 e. The number of aromatic amines is 1. The van der Waals surface area contributed by atoms with Crippen molar-refractivity contribution in [1.82, 2.24) is 15.0 Å². The van der Waals surface area contributed by atoms with Gasteiger partial charge < -0.3 is 10.3 Å². The van der Waals surface area contributed by atoms with E-state index in [9.17, 15) is 8.42 Å². The molecule has 1 aliphatic heterocycles. The molecule has 1 aromatic rings. The smallest absolute Gasteiger partial charge is 0.340 e. The molecule has 0 saturated heterocycles. The highest BCUT2D eigenvalue weighted by atomic mass is 32.3. The predicted molar refractivity (Wildman–Crippen MR) is 51.5 cm³/mol. The van der Waals surface area contributed by atoms with Gasteiger partial charge in [-0.15, -0.1) is 4.28 Å². The summed E-state index contributed by atoms with van der Waals surface area (Å²) in [6.07, 6.45) is 0.154. The van der Waals surface area contributed by atoms with Crippen LogP contribution >= 0.6 is 0 Å². The lowest BCUT2D eigenvalue weighted by atomic mass is 10.3.